The molecule has 114 valence electrons. The van der Waals surface area contributed by atoms with Crippen molar-refractivity contribution in [2.75, 3.05) is 26.3 Å². The minimum absolute atomic E-state index is 0.0455. The molecule has 0 aromatic heterocycles. The van der Waals surface area contributed by atoms with Gasteiger partial charge in [0.2, 0.25) is 5.91 Å². The molecular weight excluding hydrogens is 260 g/mol. The number of nitrogens with zero attached hydrogens (tertiary/aromatic N) is 1. The molecule has 20 heavy (non-hydrogen) atoms. The smallest absolute Gasteiger partial charge is 0.309 e. The Balaban J connectivity index is 1.99. The Morgan fingerprint density at radius 3 is 2.20 bits per heavy atom. The van der Waals surface area contributed by atoms with Crippen molar-refractivity contribution in [3.05, 3.63) is 0 Å². The van der Waals surface area contributed by atoms with Crippen molar-refractivity contribution in [2.45, 2.75) is 44.6 Å². The molecule has 2 heterocycles. The molecular formula is C14H24N2O4. The van der Waals surface area contributed by atoms with Crippen molar-refractivity contribution < 1.29 is 19.4 Å². The Labute approximate surface area is 119 Å². The first-order chi connectivity index (χ1) is 9.43. The minimum Gasteiger partial charge on any atom is -0.481 e. The number of hydrogen-bond donors (Lipinski definition) is 2. The highest BCUT2D eigenvalue weighted by atomic mass is 16.5. The van der Waals surface area contributed by atoms with E-state index in [0.717, 1.165) is 0 Å². The van der Waals surface area contributed by atoms with Crippen molar-refractivity contribution in [3.63, 3.8) is 0 Å². The number of ether oxygens (including phenoxy) is 1. The van der Waals surface area contributed by atoms with Crippen LogP contribution in [0.15, 0.2) is 0 Å². The van der Waals surface area contributed by atoms with E-state index in [2.05, 4.69) is 0 Å². The molecule has 0 spiro atoms. The molecule has 2 aliphatic rings. The average molecular weight is 284 g/mol. The summed E-state index contributed by atoms with van der Waals surface area (Å²) in [5.74, 6) is -0.795. The lowest BCUT2D eigenvalue weighted by atomic mass is 9.75. The van der Waals surface area contributed by atoms with Gasteiger partial charge in [0.05, 0.1) is 11.0 Å². The number of nitrogens with two attached hydrogens (primary N) is 1. The van der Waals surface area contributed by atoms with Crippen LogP contribution in [0.25, 0.3) is 0 Å². The second-order valence-corrected chi connectivity index (χ2v) is 6.00. The average Bonchev–Trinajstić information content (AvgIpc) is 2.47. The summed E-state index contributed by atoms with van der Waals surface area (Å²) in [5.41, 5.74) is 4.71. The van der Waals surface area contributed by atoms with Crippen LogP contribution in [0.5, 0.6) is 0 Å². The third-order valence-electron chi connectivity index (χ3n) is 4.95. The number of amides is 1. The van der Waals surface area contributed by atoms with Crippen LogP contribution < -0.4 is 5.73 Å². The van der Waals surface area contributed by atoms with Crippen molar-refractivity contribution in [2.24, 2.45) is 11.1 Å². The molecule has 2 aliphatic heterocycles. The summed E-state index contributed by atoms with van der Waals surface area (Å²) in [4.78, 5) is 25.7. The molecule has 0 radical (unpaired) electrons. The van der Waals surface area contributed by atoms with Gasteiger partial charge in [0.25, 0.3) is 0 Å². The van der Waals surface area contributed by atoms with Crippen LogP contribution >= 0.6 is 0 Å². The van der Waals surface area contributed by atoms with E-state index in [4.69, 9.17) is 10.5 Å². The van der Waals surface area contributed by atoms with Crippen LogP contribution in [-0.2, 0) is 14.3 Å². The molecule has 6 heteroatoms. The van der Waals surface area contributed by atoms with Gasteiger partial charge in [-0.3, -0.25) is 9.59 Å². The largest absolute Gasteiger partial charge is 0.481 e. The van der Waals surface area contributed by atoms with Gasteiger partial charge >= 0.3 is 5.97 Å². The summed E-state index contributed by atoms with van der Waals surface area (Å²) in [6.45, 7) is 3.90. The van der Waals surface area contributed by atoms with E-state index < -0.39 is 16.9 Å². The van der Waals surface area contributed by atoms with Crippen molar-refractivity contribution in [3.8, 4) is 0 Å². The van der Waals surface area contributed by atoms with Crippen molar-refractivity contribution >= 4 is 11.9 Å². The Morgan fingerprint density at radius 1 is 1.20 bits per heavy atom. The molecule has 2 fully saturated rings. The summed E-state index contributed by atoms with van der Waals surface area (Å²) in [5, 5.41) is 9.37. The van der Waals surface area contributed by atoms with Crippen LogP contribution in [0.3, 0.4) is 0 Å². The Morgan fingerprint density at radius 2 is 1.75 bits per heavy atom. The zero-order chi connectivity index (χ0) is 14.8. The van der Waals surface area contributed by atoms with E-state index in [-0.39, 0.29) is 5.91 Å². The predicted octanol–water partition coefficient (Wildman–Crippen LogP) is 0.598. The highest BCUT2D eigenvalue weighted by molar-refractivity contribution is 5.86. The highest BCUT2D eigenvalue weighted by Gasteiger charge is 2.44. The standard InChI is InChI=1S/C14H24N2O4/c1-2-13(12(18)19)3-7-16(8-4-13)11(17)14(15)5-9-20-10-6-14/h2-10,15H2,1H3,(H,18,19). The molecule has 0 saturated carbocycles. The number of hydrogen-bond acceptors (Lipinski definition) is 4. The van der Waals surface area contributed by atoms with Gasteiger partial charge in [-0.25, -0.2) is 0 Å². The monoisotopic (exact) mass is 284 g/mol. The molecule has 2 saturated heterocycles. The fourth-order valence-corrected chi connectivity index (χ4v) is 3.12. The van der Waals surface area contributed by atoms with E-state index in [0.29, 0.717) is 58.4 Å². The van der Waals surface area contributed by atoms with Crippen LogP contribution in [-0.4, -0.2) is 53.7 Å². The van der Waals surface area contributed by atoms with E-state index in [1.165, 1.54) is 0 Å². The van der Waals surface area contributed by atoms with Crippen LogP contribution in [0.1, 0.15) is 39.0 Å². The molecule has 0 bridgehead atoms. The topological polar surface area (TPSA) is 92.9 Å². The van der Waals surface area contributed by atoms with Crippen LogP contribution in [0.4, 0.5) is 0 Å². The first-order valence-corrected chi connectivity index (χ1v) is 7.33. The predicted molar refractivity (Wildman–Crippen MR) is 73.1 cm³/mol. The first kappa shape index (κ1) is 15.3. The Kier molecular flexibility index (Phi) is 4.34. The van der Waals surface area contributed by atoms with E-state index in [9.17, 15) is 14.7 Å². The SMILES string of the molecule is CCC1(C(=O)O)CCN(C(=O)C2(N)CCOCC2)CC1. The van der Waals surface area contributed by atoms with Crippen LogP contribution in [0.2, 0.25) is 0 Å². The van der Waals surface area contributed by atoms with E-state index in [1.54, 1.807) is 4.90 Å². The molecule has 0 aromatic rings. The normalized spacial score (nSPS) is 25.2. The summed E-state index contributed by atoms with van der Waals surface area (Å²) < 4.78 is 5.26. The first-order valence-electron chi connectivity index (χ1n) is 7.33. The lowest BCUT2D eigenvalue weighted by Gasteiger charge is -2.42. The maximum absolute atomic E-state index is 12.5. The quantitative estimate of drug-likeness (QED) is 0.791. The van der Waals surface area contributed by atoms with Gasteiger partial charge in [-0.1, -0.05) is 6.92 Å². The highest BCUT2D eigenvalue weighted by Crippen LogP contribution is 2.36. The number of likely N-dealkylation sites (tertiary alicyclic amines) is 1. The van der Waals surface area contributed by atoms with E-state index >= 15 is 0 Å². The number of carboxylic acids is 1. The molecule has 2 rings (SSSR count). The number of rotatable bonds is 3. The molecule has 0 atom stereocenters. The van der Waals surface area contributed by atoms with Gasteiger partial charge < -0.3 is 20.5 Å². The molecule has 1 amide bonds. The molecule has 3 N–H and O–H groups in total. The second kappa shape index (κ2) is 5.69. The van der Waals surface area contributed by atoms with E-state index in [1.807, 2.05) is 6.92 Å². The summed E-state index contributed by atoms with van der Waals surface area (Å²) in [7, 11) is 0. The van der Waals surface area contributed by atoms with Gasteiger partial charge in [0, 0.05) is 26.3 Å². The van der Waals surface area contributed by atoms with Gasteiger partial charge in [-0.05, 0) is 32.1 Å². The number of carboxylic acid groups (broad SMARTS) is 1. The van der Waals surface area contributed by atoms with Gasteiger partial charge in [0.1, 0.15) is 0 Å². The molecule has 0 unspecified atom stereocenters. The van der Waals surface area contributed by atoms with Gasteiger partial charge in [-0.15, -0.1) is 0 Å². The van der Waals surface area contributed by atoms with Crippen molar-refractivity contribution in [1.29, 1.82) is 0 Å². The maximum Gasteiger partial charge on any atom is 0.309 e. The number of carbonyl (C=O) groups excluding carboxylic acids is 1. The Bertz CT molecular complexity index is 383. The number of carbonyl (C=O) groups is 2. The summed E-state index contributed by atoms with van der Waals surface area (Å²) in [6, 6.07) is 0. The minimum atomic E-state index is -0.826. The van der Waals surface area contributed by atoms with Crippen LogP contribution in [0, 0.1) is 5.41 Å². The maximum atomic E-state index is 12.5. The zero-order valence-electron chi connectivity index (χ0n) is 12.1. The molecule has 0 aromatic carbocycles. The third-order valence-corrected chi connectivity index (χ3v) is 4.95. The van der Waals surface area contributed by atoms with Crippen molar-refractivity contribution in [1.82, 2.24) is 4.90 Å². The Hall–Kier alpha value is -1.14. The van der Waals surface area contributed by atoms with Gasteiger partial charge in [0.15, 0.2) is 0 Å². The summed E-state index contributed by atoms with van der Waals surface area (Å²) in [6.07, 6.45) is 2.71. The lowest BCUT2D eigenvalue weighted by Crippen LogP contribution is -2.60. The fraction of sp³-hybridized carbons (Fsp3) is 0.857. The number of piperidine rings is 1. The zero-order valence-corrected chi connectivity index (χ0v) is 12.1. The third kappa shape index (κ3) is 2.67. The molecule has 6 nitrogen and oxygen atoms in total. The van der Waals surface area contributed by atoms with Gasteiger partial charge in [-0.2, -0.15) is 0 Å². The molecule has 0 aliphatic carbocycles. The number of aliphatic carboxylic acids is 1. The lowest BCUT2D eigenvalue weighted by molar-refractivity contribution is -0.156. The second-order valence-electron chi connectivity index (χ2n) is 6.00. The summed E-state index contributed by atoms with van der Waals surface area (Å²) >= 11 is 0. The fourth-order valence-electron chi connectivity index (χ4n) is 3.12.